The van der Waals surface area contributed by atoms with E-state index < -0.39 is 10.0 Å². The van der Waals surface area contributed by atoms with Gasteiger partial charge in [0.05, 0.1) is 5.02 Å². The normalized spacial score (nSPS) is 12.4. The van der Waals surface area contributed by atoms with Gasteiger partial charge in [-0.2, -0.15) is 0 Å². The van der Waals surface area contributed by atoms with Crippen LogP contribution in [0.3, 0.4) is 0 Å². The average molecular weight is 339 g/mol. The van der Waals surface area contributed by atoms with Crippen molar-refractivity contribution in [3.8, 4) is 0 Å². The van der Waals surface area contributed by atoms with Crippen LogP contribution >= 0.6 is 23.2 Å². The van der Waals surface area contributed by atoms with Crippen molar-refractivity contribution >= 4 is 33.2 Å². The highest BCUT2D eigenvalue weighted by Gasteiger charge is 2.24. The van der Waals surface area contributed by atoms with E-state index in [4.69, 9.17) is 28.9 Å². The van der Waals surface area contributed by atoms with Gasteiger partial charge in [0.1, 0.15) is 4.90 Å². The number of nitrogens with zero attached hydrogens (tertiary/aromatic N) is 1. The second kappa shape index (κ2) is 7.09. The van der Waals surface area contributed by atoms with Gasteiger partial charge in [-0.3, -0.25) is 0 Å². The van der Waals surface area contributed by atoms with Gasteiger partial charge in [-0.15, -0.1) is 0 Å². The van der Waals surface area contributed by atoms with Crippen molar-refractivity contribution in [3.63, 3.8) is 0 Å². The number of halogens is 2. The summed E-state index contributed by atoms with van der Waals surface area (Å²) in [5.74, 6) is 0.424. The quantitative estimate of drug-likeness (QED) is 0.866. The third-order valence-corrected chi connectivity index (χ3v) is 5.70. The van der Waals surface area contributed by atoms with Crippen LogP contribution < -0.4 is 5.73 Å². The number of rotatable bonds is 6. The second-order valence-corrected chi connectivity index (χ2v) is 7.91. The fourth-order valence-electron chi connectivity index (χ4n) is 1.65. The van der Waals surface area contributed by atoms with Gasteiger partial charge in [-0.25, -0.2) is 12.7 Å². The lowest BCUT2D eigenvalue weighted by molar-refractivity contribution is 0.428. The number of benzene rings is 1. The largest absolute Gasteiger partial charge is 0.326 e. The second-order valence-electron chi connectivity index (χ2n) is 5.09. The minimum atomic E-state index is -3.63. The molecule has 0 aromatic heterocycles. The summed E-state index contributed by atoms with van der Waals surface area (Å²) in [5.41, 5.74) is 6.11. The Kier molecular flexibility index (Phi) is 6.28. The standard InChI is InChI=1S/C13H20Cl2N2O2S/c1-9(2)4-5-17(3)20(18,19)13-6-10(8-16)11(14)7-12(13)15/h6-7,9H,4-5,8,16H2,1-3H3. The topological polar surface area (TPSA) is 63.4 Å². The molecule has 7 heteroatoms. The van der Waals surface area contributed by atoms with Crippen molar-refractivity contribution in [2.45, 2.75) is 31.7 Å². The summed E-state index contributed by atoms with van der Waals surface area (Å²) in [6.45, 7) is 4.69. The first-order chi connectivity index (χ1) is 9.20. The Hall–Kier alpha value is -0.330. The van der Waals surface area contributed by atoms with Crippen LogP contribution in [0.5, 0.6) is 0 Å². The van der Waals surface area contributed by atoms with E-state index in [0.717, 1.165) is 6.42 Å². The predicted molar refractivity (Wildman–Crippen MR) is 83.6 cm³/mol. The smallest absolute Gasteiger partial charge is 0.244 e. The van der Waals surface area contributed by atoms with Gasteiger partial charge in [-0.1, -0.05) is 37.0 Å². The summed E-state index contributed by atoms with van der Waals surface area (Å²) >= 11 is 12.0. The molecular weight excluding hydrogens is 319 g/mol. The molecule has 1 aromatic rings. The van der Waals surface area contributed by atoms with Crippen LogP contribution in [0.15, 0.2) is 17.0 Å². The molecule has 2 N–H and O–H groups in total. The van der Waals surface area contributed by atoms with Crippen LogP contribution in [-0.2, 0) is 16.6 Å². The molecule has 0 unspecified atom stereocenters. The van der Waals surface area contributed by atoms with Gasteiger partial charge in [0.2, 0.25) is 10.0 Å². The number of hydrogen-bond acceptors (Lipinski definition) is 3. The van der Waals surface area contributed by atoms with Crippen molar-refractivity contribution in [3.05, 3.63) is 27.7 Å². The number of nitrogens with two attached hydrogens (primary N) is 1. The summed E-state index contributed by atoms with van der Waals surface area (Å²) in [4.78, 5) is 0.0512. The fourth-order valence-corrected chi connectivity index (χ4v) is 3.68. The summed E-state index contributed by atoms with van der Waals surface area (Å²) in [5, 5.41) is 0.491. The van der Waals surface area contributed by atoms with E-state index in [1.165, 1.54) is 16.4 Å². The first-order valence-electron chi connectivity index (χ1n) is 6.34. The molecule has 0 atom stereocenters. The van der Waals surface area contributed by atoms with Crippen molar-refractivity contribution in [2.75, 3.05) is 13.6 Å². The lowest BCUT2D eigenvalue weighted by atomic mass is 10.1. The van der Waals surface area contributed by atoms with Gasteiger partial charge >= 0.3 is 0 Å². The van der Waals surface area contributed by atoms with Gasteiger partial charge in [0, 0.05) is 25.2 Å². The molecule has 0 aliphatic rings. The van der Waals surface area contributed by atoms with Crippen molar-refractivity contribution < 1.29 is 8.42 Å². The first kappa shape index (κ1) is 17.7. The lowest BCUT2D eigenvalue weighted by Crippen LogP contribution is -2.29. The summed E-state index contributed by atoms with van der Waals surface area (Å²) in [7, 11) is -2.08. The van der Waals surface area contributed by atoms with Crippen LogP contribution in [0.4, 0.5) is 0 Å². The molecule has 0 radical (unpaired) electrons. The van der Waals surface area contributed by atoms with Crippen LogP contribution in [0.1, 0.15) is 25.8 Å². The molecule has 0 aliphatic heterocycles. The fraction of sp³-hybridized carbons (Fsp3) is 0.538. The highest BCUT2D eigenvalue weighted by Crippen LogP contribution is 2.30. The maximum atomic E-state index is 12.5. The van der Waals surface area contributed by atoms with Crippen molar-refractivity contribution in [1.82, 2.24) is 4.31 Å². The molecule has 1 rings (SSSR count). The molecule has 20 heavy (non-hydrogen) atoms. The molecule has 0 saturated carbocycles. The minimum Gasteiger partial charge on any atom is -0.326 e. The van der Waals surface area contributed by atoms with E-state index in [9.17, 15) is 8.42 Å². The van der Waals surface area contributed by atoms with Gasteiger partial charge in [0.15, 0.2) is 0 Å². The maximum absolute atomic E-state index is 12.5. The van der Waals surface area contributed by atoms with E-state index in [1.54, 1.807) is 7.05 Å². The Morgan fingerprint density at radius 3 is 2.35 bits per heavy atom. The summed E-state index contributed by atoms with van der Waals surface area (Å²) < 4.78 is 26.3. The molecule has 114 valence electrons. The van der Waals surface area contributed by atoms with Crippen LogP contribution in [0, 0.1) is 5.92 Å². The van der Waals surface area contributed by atoms with E-state index >= 15 is 0 Å². The van der Waals surface area contributed by atoms with Gasteiger partial charge < -0.3 is 5.73 Å². The molecule has 0 aliphatic carbocycles. The highest BCUT2D eigenvalue weighted by atomic mass is 35.5. The lowest BCUT2D eigenvalue weighted by Gasteiger charge is -2.19. The zero-order valence-corrected chi connectivity index (χ0v) is 14.2. The van der Waals surface area contributed by atoms with Crippen LogP contribution in [-0.4, -0.2) is 26.3 Å². The molecule has 0 saturated heterocycles. The van der Waals surface area contributed by atoms with Crippen LogP contribution in [0.25, 0.3) is 0 Å². The molecule has 1 aromatic carbocycles. The van der Waals surface area contributed by atoms with E-state index in [-0.39, 0.29) is 16.5 Å². The Labute approximate surface area is 130 Å². The molecule has 0 fully saturated rings. The Morgan fingerprint density at radius 2 is 1.85 bits per heavy atom. The zero-order valence-electron chi connectivity index (χ0n) is 11.9. The summed E-state index contributed by atoms with van der Waals surface area (Å²) in [6.07, 6.45) is 0.782. The Morgan fingerprint density at radius 1 is 1.25 bits per heavy atom. The summed E-state index contributed by atoms with van der Waals surface area (Å²) in [6, 6.07) is 2.88. The molecule has 4 nitrogen and oxygen atoms in total. The Balaban J connectivity index is 3.15. The monoisotopic (exact) mass is 338 g/mol. The van der Waals surface area contributed by atoms with Crippen LogP contribution in [0.2, 0.25) is 10.0 Å². The molecule has 0 bridgehead atoms. The first-order valence-corrected chi connectivity index (χ1v) is 8.54. The van der Waals surface area contributed by atoms with E-state index in [0.29, 0.717) is 23.0 Å². The zero-order chi connectivity index (χ0) is 15.5. The third kappa shape index (κ3) is 4.09. The molecule has 0 heterocycles. The van der Waals surface area contributed by atoms with E-state index in [1.807, 2.05) is 13.8 Å². The van der Waals surface area contributed by atoms with Crippen molar-refractivity contribution in [1.29, 1.82) is 0 Å². The minimum absolute atomic E-state index is 0.0512. The van der Waals surface area contributed by atoms with Crippen molar-refractivity contribution in [2.24, 2.45) is 11.7 Å². The molecule has 0 amide bonds. The molecule has 0 spiro atoms. The van der Waals surface area contributed by atoms with E-state index in [2.05, 4.69) is 0 Å². The maximum Gasteiger partial charge on any atom is 0.244 e. The number of sulfonamides is 1. The van der Waals surface area contributed by atoms with Gasteiger partial charge in [0.25, 0.3) is 0 Å². The highest BCUT2D eigenvalue weighted by molar-refractivity contribution is 7.89. The molecular formula is C13H20Cl2N2O2S. The number of hydrogen-bond donors (Lipinski definition) is 1. The Bertz CT molecular complexity index is 574. The average Bonchev–Trinajstić information content (AvgIpc) is 2.35. The predicted octanol–water partition coefficient (Wildman–Crippen LogP) is 3.12. The SMILES string of the molecule is CC(C)CCN(C)S(=O)(=O)c1cc(CN)c(Cl)cc1Cl. The van der Waals surface area contributed by atoms with Gasteiger partial charge in [-0.05, 0) is 30.0 Å². The third-order valence-electron chi connectivity index (χ3n) is 3.03.